The highest BCUT2D eigenvalue weighted by Gasteiger charge is 2.47. The van der Waals surface area contributed by atoms with Gasteiger partial charge < -0.3 is 75.1 Å². The first-order valence-corrected chi connectivity index (χ1v) is 13.0. The van der Waals surface area contributed by atoms with Gasteiger partial charge in [0.15, 0.2) is 11.5 Å². The van der Waals surface area contributed by atoms with E-state index >= 15 is 0 Å². The van der Waals surface area contributed by atoms with Gasteiger partial charge in [-0.2, -0.15) is 0 Å². The zero-order chi connectivity index (χ0) is 31.2. The molecular formula is C27H31O16+. The first-order valence-electron chi connectivity index (χ1n) is 13.0. The topological polar surface area (TPSA) is 271 Å². The fraction of sp³-hybridized carbons (Fsp3) is 0.444. The summed E-state index contributed by atoms with van der Waals surface area (Å²) in [6.45, 7) is -1.46. The van der Waals surface area contributed by atoms with Crippen LogP contribution in [0, 0.1) is 0 Å². The lowest BCUT2D eigenvalue weighted by Gasteiger charge is -2.39. The number of ether oxygens (including phenoxy) is 4. The fourth-order valence-electron chi connectivity index (χ4n) is 4.80. The second kappa shape index (κ2) is 12.2. The summed E-state index contributed by atoms with van der Waals surface area (Å²) in [4.78, 5) is 0. The van der Waals surface area contributed by atoms with E-state index in [9.17, 15) is 56.2 Å². The van der Waals surface area contributed by atoms with E-state index < -0.39 is 91.9 Å². The number of aliphatic hydroxyl groups excluding tert-OH is 8. The quantitative estimate of drug-likeness (QED) is 0.100. The Kier molecular flexibility index (Phi) is 8.77. The Balaban J connectivity index is 1.61. The maximum atomic E-state index is 10.6. The van der Waals surface area contributed by atoms with Gasteiger partial charge in [0.05, 0.1) is 24.8 Å². The van der Waals surface area contributed by atoms with Crippen LogP contribution in [0.1, 0.15) is 0 Å². The molecule has 5 unspecified atom stereocenters. The normalized spacial score (nSPS) is 32.9. The third-order valence-electron chi connectivity index (χ3n) is 7.22. The van der Waals surface area contributed by atoms with Crippen molar-refractivity contribution in [3.05, 3.63) is 36.4 Å². The summed E-state index contributed by atoms with van der Waals surface area (Å²) in [6, 6.07) is 7.17. The molecule has 43 heavy (non-hydrogen) atoms. The minimum atomic E-state index is -1.82. The number of fused-ring (bicyclic) bond motifs is 1. The van der Waals surface area contributed by atoms with Gasteiger partial charge >= 0.3 is 11.3 Å². The molecule has 5 rings (SSSR count). The first kappa shape index (κ1) is 30.9. The monoisotopic (exact) mass is 611 g/mol. The average molecular weight is 612 g/mol. The van der Waals surface area contributed by atoms with Gasteiger partial charge in [0, 0.05) is 18.2 Å². The van der Waals surface area contributed by atoms with E-state index in [1.165, 1.54) is 18.2 Å². The summed E-state index contributed by atoms with van der Waals surface area (Å²) in [5.74, 6) is -1.96. The third kappa shape index (κ3) is 5.85. The van der Waals surface area contributed by atoms with Crippen molar-refractivity contribution >= 4 is 11.0 Å². The van der Waals surface area contributed by atoms with Crippen LogP contribution in [0.4, 0.5) is 0 Å². The van der Waals surface area contributed by atoms with Gasteiger partial charge in [-0.15, -0.1) is 0 Å². The van der Waals surface area contributed by atoms with Gasteiger partial charge in [0.1, 0.15) is 65.7 Å². The molecule has 16 nitrogen and oxygen atoms in total. The van der Waals surface area contributed by atoms with E-state index in [1.807, 2.05) is 0 Å². The summed E-state index contributed by atoms with van der Waals surface area (Å²) in [5.41, 5.74) is 0.0554. The van der Waals surface area contributed by atoms with Gasteiger partial charge in [-0.25, -0.2) is 4.42 Å². The number of benzene rings is 2. The molecule has 0 bridgehead atoms. The molecule has 3 heterocycles. The fourth-order valence-corrected chi connectivity index (χ4v) is 4.80. The molecule has 3 aromatic rings. The van der Waals surface area contributed by atoms with Gasteiger partial charge in [-0.1, -0.05) is 0 Å². The molecule has 0 spiro atoms. The summed E-state index contributed by atoms with van der Waals surface area (Å²) >= 11 is 0. The molecule has 2 fully saturated rings. The standard InChI is InChI=1S/C27H30O16/c28-7-17-19(33)21(35)23(37)26(42-17)40-15-5-10(30)4-14-11(15)6-16(25(39-14)9-1-2-12(31)13(32)3-9)41-27-24(38)22(36)20(34)18(8-29)43-27/h1-6,17-24,26-29,33-38H,7-8H2,(H2-,30,31,32)/p+1/t17?,18?,19-,20-,21+,22?,23?,24?,26-,27-/m1/s1. The number of aromatic hydroxyl groups is 3. The van der Waals surface area contributed by atoms with Crippen molar-refractivity contribution in [2.45, 2.75) is 61.4 Å². The van der Waals surface area contributed by atoms with Crippen molar-refractivity contribution in [3.8, 4) is 40.1 Å². The molecule has 11 N–H and O–H groups in total. The van der Waals surface area contributed by atoms with Crippen molar-refractivity contribution in [2.75, 3.05) is 13.2 Å². The Morgan fingerprint density at radius 1 is 0.628 bits per heavy atom. The van der Waals surface area contributed by atoms with Crippen LogP contribution >= 0.6 is 0 Å². The molecular weight excluding hydrogens is 580 g/mol. The lowest BCUT2D eigenvalue weighted by Crippen LogP contribution is -2.60. The van der Waals surface area contributed by atoms with Crippen LogP contribution in [-0.4, -0.2) is 131 Å². The van der Waals surface area contributed by atoms with Gasteiger partial charge in [-0.05, 0) is 12.1 Å². The average Bonchev–Trinajstić information content (AvgIpc) is 2.98. The lowest BCUT2D eigenvalue weighted by molar-refractivity contribution is -0.277. The molecule has 2 aliphatic heterocycles. The van der Waals surface area contributed by atoms with Crippen LogP contribution in [0.15, 0.2) is 40.8 Å². The highest BCUT2D eigenvalue weighted by Crippen LogP contribution is 2.43. The van der Waals surface area contributed by atoms with Crippen LogP contribution in [0.2, 0.25) is 0 Å². The van der Waals surface area contributed by atoms with E-state index in [4.69, 9.17) is 23.4 Å². The number of phenols is 3. The van der Waals surface area contributed by atoms with Crippen molar-refractivity contribution in [2.24, 2.45) is 0 Å². The van der Waals surface area contributed by atoms with Crippen molar-refractivity contribution in [3.63, 3.8) is 0 Å². The predicted octanol–water partition coefficient (Wildman–Crippen LogP) is -2.14. The maximum Gasteiger partial charge on any atom is 0.402 e. The minimum absolute atomic E-state index is 0.0427. The van der Waals surface area contributed by atoms with Gasteiger partial charge in [0.25, 0.3) is 0 Å². The van der Waals surface area contributed by atoms with E-state index in [2.05, 4.69) is 0 Å². The number of hydrogen-bond acceptors (Lipinski definition) is 15. The van der Waals surface area contributed by atoms with E-state index in [1.54, 1.807) is 0 Å². The molecule has 0 aliphatic carbocycles. The number of phenolic OH excluding ortho intramolecular Hbond substituents is 3. The van der Waals surface area contributed by atoms with Crippen LogP contribution in [0.3, 0.4) is 0 Å². The number of rotatable bonds is 7. The van der Waals surface area contributed by atoms with Gasteiger partial charge in [-0.3, -0.25) is 0 Å². The van der Waals surface area contributed by atoms with Crippen LogP contribution in [0.25, 0.3) is 22.3 Å². The predicted molar refractivity (Wildman–Crippen MR) is 140 cm³/mol. The Morgan fingerprint density at radius 3 is 1.72 bits per heavy atom. The lowest BCUT2D eigenvalue weighted by atomic mass is 9.99. The Hall–Kier alpha value is -3.55. The second-order valence-electron chi connectivity index (χ2n) is 10.1. The summed E-state index contributed by atoms with van der Waals surface area (Å²) in [6.07, 6.45) is -16.4. The van der Waals surface area contributed by atoms with E-state index in [0.29, 0.717) is 0 Å². The summed E-state index contributed by atoms with van der Waals surface area (Å²) in [7, 11) is 0. The SMILES string of the molecule is OCC1O[C@@H](Oc2cc3c(O[C@@H]4OC(CO)[C@@H](O)[C@H](O)C4O)cc(O)cc3[o+]c2-c2ccc(O)c(O)c2)C(O)C(O)[C@@H]1O. The zero-order valence-electron chi connectivity index (χ0n) is 22.1. The molecule has 234 valence electrons. The molecule has 2 aliphatic rings. The molecule has 2 saturated heterocycles. The highest BCUT2D eigenvalue weighted by atomic mass is 16.7. The molecule has 1 aromatic heterocycles. The van der Waals surface area contributed by atoms with Gasteiger partial charge in [0.2, 0.25) is 18.3 Å². The second-order valence-corrected chi connectivity index (χ2v) is 10.1. The van der Waals surface area contributed by atoms with Crippen LogP contribution in [0.5, 0.6) is 28.7 Å². The largest absolute Gasteiger partial charge is 0.507 e. The Labute approximate surface area is 242 Å². The summed E-state index contributed by atoms with van der Waals surface area (Å²) in [5, 5.41) is 111. The van der Waals surface area contributed by atoms with E-state index in [0.717, 1.165) is 18.2 Å². The van der Waals surface area contributed by atoms with Crippen LogP contribution in [-0.2, 0) is 9.47 Å². The highest BCUT2D eigenvalue weighted by molar-refractivity contribution is 5.89. The Morgan fingerprint density at radius 2 is 1.19 bits per heavy atom. The summed E-state index contributed by atoms with van der Waals surface area (Å²) < 4.78 is 28.4. The smallest absolute Gasteiger partial charge is 0.402 e. The molecule has 10 atom stereocenters. The van der Waals surface area contributed by atoms with E-state index in [-0.39, 0.29) is 33.8 Å². The molecule has 0 amide bonds. The molecule has 0 radical (unpaired) electrons. The van der Waals surface area contributed by atoms with Crippen molar-refractivity contribution in [1.82, 2.24) is 0 Å². The molecule has 2 aromatic carbocycles. The maximum absolute atomic E-state index is 10.6. The van der Waals surface area contributed by atoms with Crippen LogP contribution < -0.4 is 9.47 Å². The molecule has 16 heteroatoms. The zero-order valence-corrected chi connectivity index (χ0v) is 22.1. The first-order chi connectivity index (χ1) is 20.4. The van der Waals surface area contributed by atoms with Crippen molar-refractivity contribution in [1.29, 1.82) is 0 Å². The number of aliphatic hydroxyl groups is 8. The molecule has 0 saturated carbocycles. The number of hydrogen-bond donors (Lipinski definition) is 11. The van der Waals surface area contributed by atoms with Crippen molar-refractivity contribution < 1.29 is 79.5 Å². The minimum Gasteiger partial charge on any atom is -0.507 e. The Bertz CT molecular complexity index is 1450. The third-order valence-corrected chi connectivity index (χ3v) is 7.22.